The topological polar surface area (TPSA) is 42.7 Å². The van der Waals surface area contributed by atoms with E-state index >= 15 is 0 Å². The summed E-state index contributed by atoms with van der Waals surface area (Å²) in [7, 11) is 0. The van der Waals surface area contributed by atoms with Gasteiger partial charge in [-0.1, -0.05) is 30.3 Å². The lowest BCUT2D eigenvalue weighted by Crippen LogP contribution is -2.24. The Labute approximate surface area is 146 Å². The molecule has 1 aromatic carbocycles. The van der Waals surface area contributed by atoms with E-state index in [1.165, 1.54) is 28.3 Å². The van der Waals surface area contributed by atoms with Gasteiger partial charge in [0.05, 0.1) is 12.6 Å². The number of imidazole rings is 1. The van der Waals surface area contributed by atoms with Crippen LogP contribution in [0.5, 0.6) is 0 Å². The molecule has 24 heavy (non-hydrogen) atoms. The molecule has 0 bridgehead atoms. The van der Waals surface area contributed by atoms with Crippen molar-refractivity contribution in [1.82, 2.24) is 19.9 Å². The van der Waals surface area contributed by atoms with Crippen molar-refractivity contribution in [2.24, 2.45) is 5.92 Å². The van der Waals surface area contributed by atoms with Gasteiger partial charge in [-0.05, 0) is 31.2 Å². The Morgan fingerprint density at radius 3 is 2.79 bits per heavy atom. The molecule has 124 valence electrons. The van der Waals surface area contributed by atoms with Crippen molar-refractivity contribution >= 4 is 11.3 Å². The Hall–Kier alpha value is -1.98. The van der Waals surface area contributed by atoms with Gasteiger partial charge in [-0.2, -0.15) is 0 Å². The summed E-state index contributed by atoms with van der Waals surface area (Å²) < 4.78 is 2.22. The van der Waals surface area contributed by atoms with Gasteiger partial charge in [0.1, 0.15) is 10.8 Å². The van der Waals surface area contributed by atoms with Crippen LogP contribution in [0.2, 0.25) is 0 Å². The minimum atomic E-state index is 0.366. The second-order valence-electron chi connectivity index (χ2n) is 6.46. The first-order valence-corrected chi connectivity index (χ1v) is 9.31. The third-order valence-electron chi connectivity index (χ3n) is 4.48. The monoisotopic (exact) mass is 338 g/mol. The molecule has 0 saturated heterocycles. The van der Waals surface area contributed by atoms with Crippen LogP contribution < -0.4 is 5.32 Å². The maximum absolute atomic E-state index is 4.60. The molecule has 2 heterocycles. The lowest BCUT2D eigenvalue weighted by Gasteiger charge is -2.16. The van der Waals surface area contributed by atoms with Gasteiger partial charge in [-0.15, -0.1) is 11.3 Å². The first-order chi connectivity index (χ1) is 11.8. The van der Waals surface area contributed by atoms with Crippen LogP contribution in [0.1, 0.15) is 40.2 Å². The molecule has 1 fully saturated rings. The Kier molecular flexibility index (Phi) is 4.45. The van der Waals surface area contributed by atoms with Crippen LogP contribution in [-0.2, 0) is 13.1 Å². The molecule has 1 saturated carbocycles. The largest absolute Gasteiger partial charge is 0.329 e. The molecule has 1 N–H and O–H groups in total. The van der Waals surface area contributed by atoms with Gasteiger partial charge in [0.15, 0.2) is 0 Å². The summed E-state index contributed by atoms with van der Waals surface area (Å²) in [5, 5.41) is 4.92. The summed E-state index contributed by atoms with van der Waals surface area (Å²) in [6, 6.07) is 10.9. The summed E-state index contributed by atoms with van der Waals surface area (Å²) in [6.45, 7) is 3.76. The smallest absolute Gasteiger partial charge is 0.122 e. The number of aromatic nitrogens is 3. The average molecular weight is 338 g/mol. The zero-order valence-corrected chi connectivity index (χ0v) is 14.7. The third-order valence-corrected chi connectivity index (χ3v) is 5.47. The Morgan fingerprint density at radius 1 is 1.25 bits per heavy atom. The lowest BCUT2D eigenvalue weighted by molar-refractivity contribution is 0.463. The number of nitrogens with one attached hydrogen (secondary N) is 1. The fourth-order valence-corrected chi connectivity index (χ4v) is 3.98. The minimum Gasteiger partial charge on any atom is -0.329 e. The number of rotatable bonds is 7. The molecule has 1 aliphatic rings. The molecule has 0 spiro atoms. The predicted molar refractivity (Wildman–Crippen MR) is 96.9 cm³/mol. The summed E-state index contributed by atoms with van der Waals surface area (Å²) in [4.78, 5) is 10.4. The maximum atomic E-state index is 4.60. The Balaban J connectivity index is 1.45. The number of benzene rings is 1. The van der Waals surface area contributed by atoms with Crippen molar-refractivity contribution in [3.8, 4) is 0 Å². The number of hydrogen-bond acceptors (Lipinski definition) is 4. The van der Waals surface area contributed by atoms with Gasteiger partial charge in [-0.25, -0.2) is 9.97 Å². The van der Waals surface area contributed by atoms with E-state index in [0.29, 0.717) is 6.04 Å². The lowest BCUT2D eigenvalue weighted by atomic mass is 10.2. The van der Waals surface area contributed by atoms with Crippen LogP contribution in [0, 0.1) is 12.8 Å². The molecule has 0 aliphatic heterocycles. The highest BCUT2D eigenvalue weighted by atomic mass is 32.1. The highest BCUT2D eigenvalue weighted by Gasteiger charge is 2.34. The molecule has 0 unspecified atom stereocenters. The van der Waals surface area contributed by atoms with E-state index in [-0.39, 0.29) is 0 Å². The second-order valence-corrected chi connectivity index (χ2v) is 7.73. The van der Waals surface area contributed by atoms with Crippen LogP contribution in [0.15, 0.2) is 48.9 Å². The molecular weight excluding hydrogens is 316 g/mol. The van der Waals surface area contributed by atoms with Crippen molar-refractivity contribution in [3.63, 3.8) is 0 Å². The molecule has 1 atom stereocenters. The first kappa shape index (κ1) is 15.5. The molecule has 3 aromatic rings. The van der Waals surface area contributed by atoms with Crippen LogP contribution in [-0.4, -0.2) is 14.5 Å². The number of nitrogens with zero attached hydrogens (tertiary/aromatic N) is 3. The van der Waals surface area contributed by atoms with Crippen LogP contribution >= 0.6 is 11.3 Å². The van der Waals surface area contributed by atoms with E-state index in [1.54, 1.807) is 0 Å². The van der Waals surface area contributed by atoms with Gasteiger partial charge in [-0.3, -0.25) is 0 Å². The normalized spacial score (nSPS) is 15.5. The zero-order chi connectivity index (χ0) is 16.4. The van der Waals surface area contributed by atoms with E-state index in [2.05, 4.69) is 63.3 Å². The molecule has 2 aromatic heterocycles. The molecule has 0 radical (unpaired) electrons. The molecule has 5 heteroatoms. The standard InChI is InChI=1S/C19H22N4S/c1-14-11-22-19(24-14)18(16-7-8-16)21-12-17-20-9-10-23(17)13-15-5-3-2-4-6-15/h2-6,9-11,16,18,21H,7-8,12-13H2,1H3/t18-/m1/s1. The van der Waals surface area contributed by atoms with Crippen molar-refractivity contribution < 1.29 is 0 Å². The van der Waals surface area contributed by atoms with E-state index in [0.717, 1.165) is 24.8 Å². The fraction of sp³-hybridized carbons (Fsp3) is 0.368. The number of aryl methyl sites for hydroxylation is 1. The van der Waals surface area contributed by atoms with E-state index in [1.807, 2.05) is 23.7 Å². The minimum absolute atomic E-state index is 0.366. The van der Waals surface area contributed by atoms with Gasteiger partial charge in [0.25, 0.3) is 0 Å². The third kappa shape index (κ3) is 3.57. The van der Waals surface area contributed by atoms with Gasteiger partial charge in [0, 0.05) is 30.0 Å². The molecule has 0 amide bonds. The van der Waals surface area contributed by atoms with Crippen molar-refractivity contribution in [3.05, 3.63) is 70.2 Å². The SMILES string of the molecule is Cc1cnc([C@H](NCc2nccn2Cc2ccccc2)C2CC2)s1. The van der Waals surface area contributed by atoms with Gasteiger partial charge in [0.2, 0.25) is 0 Å². The zero-order valence-electron chi connectivity index (χ0n) is 13.9. The van der Waals surface area contributed by atoms with E-state index in [4.69, 9.17) is 0 Å². The summed E-state index contributed by atoms with van der Waals surface area (Å²) in [5.74, 6) is 1.81. The van der Waals surface area contributed by atoms with Crippen LogP contribution in [0.4, 0.5) is 0 Å². The van der Waals surface area contributed by atoms with E-state index < -0.39 is 0 Å². The number of thiazole rings is 1. The average Bonchev–Trinajstić information content (AvgIpc) is 3.19. The van der Waals surface area contributed by atoms with Crippen molar-refractivity contribution in [2.45, 2.75) is 38.9 Å². The van der Waals surface area contributed by atoms with Crippen LogP contribution in [0.3, 0.4) is 0 Å². The van der Waals surface area contributed by atoms with Gasteiger partial charge < -0.3 is 9.88 Å². The van der Waals surface area contributed by atoms with Crippen molar-refractivity contribution in [2.75, 3.05) is 0 Å². The highest BCUT2D eigenvalue weighted by Crippen LogP contribution is 2.42. The molecule has 4 rings (SSSR count). The number of hydrogen-bond donors (Lipinski definition) is 1. The quantitative estimate of drug-likeness (QED) is 0.709. The summed E-state index contributed by atoms with van der Waals surface area (Å²) in [6.07, 6.45) is 8.53. The Bertz CT molecular complexity index is 789. The maximum Gasteiger partial charge on any atom is 0.122 e. The van der Waals surface area contributed by atoms with E-state index in [9.17, 15) is 0 Å². The summed E-state index contributed by atoms with van der Waals surface area (Å²) >= 11 is 1.81. The molecule has 1 aliphatic carbocycles. The Morgan fingerprint density at radius 2 is 2.08 bits per heavy atom. The predicted octanol–water partition coefficient (Wildman–Crippen LogP) is 3.94. The fourth-order valence-electron chi connectivity index (χ4n) is 3.03. The summed E-state index contributed by atoms with van der Waals surface area (Å²) in [5.41, 5.74) is 1.30. The van der Waals surface area contributed by atoms with Crippen LogP contribution in [0.25, 0.3) is 0 Å². The first-order valence-electron chi connectivity index (χ1n) is 8.49. The van der Waals surface area contributed by atoms with Gasteiger partial charge >= 0.3 is 0 Å². The second kappa shape index (κ2) is 6.87. The highest BCUT2D eigenvalue weighted by molar-refractivity contribution is 7.11. The molecule has 4 nitrogen and oxygen atoms in total. The van der Waals surface area contributed by atoms with Crippen molar-refractivity contribution in [1.29, 1.82) is 0 Å². The molecular formula is C19H22N4S.